The van der Waals surface area contributed by atoms with Gasteiger partial charge in [0.25, 0.3) is 0 Å². The molecule has 0 saturated carbocycles. The second kappa shape index (κ2) is 11.8. The van der Waals surface area contributed by atoms with Gasteiger partial charge in [-0.05, 0) is 17.2 Å². The number of hydrogen-bond acceptors (Lipinski definition) is 6. The number of nitrogens with zero attached hydrogens (tertiary/aromatic N) is 1. The Balaban J connectivity index is 1.56. The molecule has 0 bridgehead atoms. The monoisotopic (exact) mass is 477 g/mol. The van der Waals surface area contributed by atoms with Gasteiger partial charge in [0.05, 0.1) is 18.0 Å². The number of halogens is 2. The van der Waals surface area contributed by atoms with Crippen molar-refractivity contribution >= 4 is 17.1 Å². The van der Waals surface area contributed by atoms with Crippen molar-refractivity contribution in [1.29, 1.82) is 0 Å². The minimum atomic E-state index is -0.676. The number of rotatable bonds is 11. The average molecular weight is 478 g/mol. The number of pyridine rings is 1. The van der Waals surface area contributed by atoms with E-state index in [2.05, 4.69) is 15.6 Å². The lowest BCUT2D eigenvalue weighted by atomic mass is 10.2. The van der Waals surface area contributed by atoms with E-state index in [-0.39, 0.29) is 37.0 Å². The zero-order valence-corrected chi connectivity index (χ0v) is 18.9. The largest absolute Gasteiger partial charge is 0.473 e. The zero-order chi connectivity index (χ0) is 24.5. The van der Waals surface area contributed by atoms with Gasteiger partial charge in [-0.2, -0.15) is 4.98 Å². The van der Waals surface area contributed by atoms with Gasteiger partial charge in [-0.15, -0.1) is 0 Å². The van der Waals surface area contributed by atoms with Crippen LogP contribution in [0.1, 0.15) is 11.1 Å². The Hall–Kier alpha value is -4.17. The summed E-state index contributed by atoms with van der Waals surface area (Å²) < 4.78 is 40.9. The Bertz CT molecular complexity index is 1240. The second-order valence-electron chi connectivity index (χ2n) is 7.64. The molecular weight excluding hydrogens is 452 g/mol. The van der Waals surface area contributed by atoms with E-state index >= 15 is 0 Å². The average Bonchev–Trinajstić information content (AvgIpc) is 2.89. The molecule has 0 aliphatic carbocycles. The summed E-state index contributed by atoms with van der Waals surface area (Å²) in [6.07, 6.45) is 0. The zero-order valence-electron chi connectivity index (χ0n) is 18.9. The van der Waals surface area contributed by atoms with E-state index < -0.39 is 11.6 Å². The maximum Gasteiger partial charge on any atom is 0.241 e. The smallest absolute Gasteiger partial charge is 0.241 e. The summed E-state index contributed by atoms with van der Waals surface area (Å²) in [7, 11) is 0. The Morgan fingerprint density at radius 3 is 1.97 bits per heavy atom. The summed E-state index contributed by atoms with van der Waals surface area (Å²) in [5.74, 6) is -0.825. The molecule has 6 nitrogen and oxygen atoms in total. The third-order valence-corrected chi connectivity index (χ3v) is 5.04. The Morgan fingerprint density at radius 2 is 1.31 bits per heavy atom. The molecule has 0 radical (unpaired) electrons. The van der Waals surface area contributed by atoms with Gasteiger partial charge in [0.2, 0.25) is 11.8 Å². The summed E-state index contributed by atoms with van der Waals surface area (Å²) in [4.78, 5) is 4.45. The fraction of sp³-hybridized carbons (Fsp3) is 0.148. The minimum Gasteiger partial charge on any atom is -0.473 e. The first-order valence-electron chi connectivity index (χ1n) is 11.1. The normalized spacial score (nSPS) is 10.6. The highest BCUT2D eigenvalue weighted by Crippen LogP contribution is 2.32. The van der Waals surface area contributed by atoms with Gasteiger partial charge in [-0.25, -0.2) is 8.78 Å². The SMILES string of the molecule is OCCNc1cc(F)c(Nc2ccc(OCc3ccccc3)nc2OCc2ccccc2)cc1F. The second-order valence-corrected chi connectivity index (χ2v) is 7.64. The highest BCUT2D eigenvalue weighted by molar-refractivity contribution is 5.67. The molecule has 0 aliphatic rings. The minimum absolute atomic E-state index is 0.0366. The number of benzene rings is 3. The lowest BCUT2D eigenvalue weighted by Gasteiger charge is -2.16. The van der Waals surface area contributed by atoms with Crippen molar-refractivity contribution in [2.24, 2.45) is 0 Å². The highest BCUT2D eigenvalue weighted by Gasteiger charge is 2.14. The van der Waals surface area contributed by atoms with Crippen LogP contribution in [0.15, 0.2) is 84.9 Å². The highest BCUT2D eigenvalue weighted by atomic mass is 19.1. The van der Waals surface area contributed by atoms with Gasteiger partial charge in [-0.3, -0.25) is 0 Å². The van der Waals surface area contributed by atoms with E-state index in [1.165, 1.54) is 0 Å². The maximum absolute atomic E-state index is 14.7. The molecule has 0 fully saturated rings. The van der Waals surface area contributed by atoms with Crippen molar-refractivity contribution in [1.82, 2.24) is 4.98 Å². The van der Waals surface area contributed by atoms with Crippen LogP contribution in [0.25, 0.3) is 0 Å². The molecule has 180 valence electrons. The first-order valence-corrected chi connectivity index (χ1v) is 11.1. The molecule has 0 spiro atoms. The van der Waals surface area contributed by atoms with Crippen molar-refractivity contribution in [3.05, 3.63) is 108 Å². The lowest BCUT2D eigenvalue weighted by molar-refractivity contribution is 0.269. The van der Waals surface area contributed by atoms with Crippen molar-refractivity contribution in [2.45, 2.75) is 13.2 Å². The van der Waals surface area contributed by atoms with Crippen LogP contribution in [-0.4, -0.2) is 23.2 Å². The summed E-state index contributed by atoms with van der Waals surface area (Å²) in [6, 6.07) is 24.5. The van der Waals surface area contributed by atoms with Crippen LogP contribution in [0.5, 0.6) is 11.8 Å². The lowest BCUT2D eigenvalue weighted by Crippen LogP contribution is -2.08. The molecule has 0 unspecified atom stereocenters. The molecule has 0 atom stereocenters. The third-order valence-electron chi connectivity index (χ3n) is 5.04. The van der Waals surface area contributed by atoms with Gasteiger partial charge < -0.3 is 25.2 Å². The predicted octanol–water partition coefficient (Wildman–Crippen LogP) is 5.67. The molecular formula is C27H25F2N3O3. The number of aromatic nitrogens is 1. The number of aliphatic hydroxyl groups excluding tert-OH is 1. The van der Waals surface area contributed by atoms with Crippen LogP contribution in [0, 0.1) is 11.6 Å². The van der Waals surface area contributed by atoms with Crippen LogP contribution in [0.4, 0.5) is 25.8 Å². The molecule has 1 heterocycles. The van der Waals surface area contributed by atoms with E-state index in [4.69, 9.17) is 14.6 Å². The van der Waals surface area contributed by atoms with Gasteiger partial charge in [-0.1, -0.05) is 60.7 Å². The van der Waals surface area contributed by atoms with E-state index in [0.717, 1.165) is 23.3 Å². The Kier molecular flexibility index (Phi) is 8.08. The van der Waals surface area contributed by atoms with Gasteiger partial charge in [0.15, 0.2) is 0 Å². The molecule has 0 saturated heterocycles. The van der Waals surface area contributed by atoms with Crippen LogP contribution in [-0.2, 0) is 13.2 Å². The maximum atomic E-state index is 14.7. The fourth-order valence-corrected chi connectivity index (χ4v) is 3.28. The standard InChI is InChI=1S/C27H25F2N3O3/c28-21-16-25(22(29)15-24(21)30-13-14-33)31-23-11-12-26(34-17-19-7-3-1-4-8-19)32-27(23)35-18-20-9-5-2-6-10-20/h1-12,15-16,30-31,33H,13-14,17-18H2. The molecule has 4 aromatic rings. The van der Waals surface area contributed by atoms with Crippen LogP contribution in [0.2, 0.25) is 0 Å². The fourth-order valence-electron chi connectivity index (χ4n) is 3.28. The summed E-state index contributed by atoms with van der Waals surface area (Å²) in [6.45, 7) is 0.453. The van der Waals surface area contributed by atoms with E-state index in [1.54, 1.807) is 12.1 Å². The number of ether oxygens (including phenoxy) is 2. The van der Waals surface area contributed by atoms with Crippen LogP contribution in [0.3, 0.4) is 0 Å². The van der Waals surface area contributed by atoms with E-state index in [1.807, 2.05) is 60.7 Å². The van der Waals surface area contributed by atoms with Crippen LogP contribution < -0.4 is 20.1 Å². The molecule has 3 aromatic carbocycles. The molecule has 4 rings (SSSR count). The predicted molar refractivity (Wildman–Crippen MR) is 131 cm³/mol. The van der Waals surface area contributed by atoms with Crippen molar-refractivity contribution in [3.8, 4) is 11.8 Å². The summed E-state index contributed by atoms with van der Waals surface area (Å²) in [5, 5.41) is 14.4. The Morgan fingerprint density at radius 1 is 0.714 bits per heavy atom. The Labute approximate surface area is 202 Å². The number of hydrogen-bond donors (Lipinski definition) is 3. The van der Waals surface area contributed by atoms with E-state index in [0.29, 0.717) is 18.2 Å². The number of nitrogens with one attached hydrogen (secondary N) is 2. The van der Waals surface area contributed by atoms with Gasteiger partial charge in [0, 0.05) is 24.7 Å². The van der Waals surface area contributed by atoms with Crippen molar-refractivity contribution in [2.75, 3.05) is 23.8 Å². The molecule has 1 aromatic heterocycles. The van der Waals surface area contributed by atoms with Crippen LogP contribution >= 0.6 is 0 Å². The first-order chi connectivity index (χ1) is 17.1. The van der Waals surface area contributed by atoms with Gasteiger partial charge in [0.1, 0.15) is 30.5 Å². The molecule has 0 aliphatic heterocycles. The number of anilines is 3. The summed E-state index contributed by atoms with van der Waals surface area (Å²) >= 11 is 0. The van der Waals surface area contributed by atoms with Crippen molar-refractivity contribution in [3.63, 3.8) is 0 Å². The molecule has 3 N–H and O–H groups in total. The first kappa shape index (κ1) is 24.0. The topological polar surface area (TPSA) is 75.6 Å². The molecule has 8 heteroatoms. The quantitative estimate of drug-likeness (QED) is 0.259. The third kappa shape index (κ3) is 6.68. The number of aliphatic hydroxyl groups is 1. The molecule has 35 heavy (non-hydrogen) atoms. The molecule has 0 amide bonds. The van der Waals surface area contributed by atoms with Crippen molar-refractivity contribution < 1.29 is 23.4 Å². The van der Waals surface area contributed by atoms with Gasteiger partial charge >= 0.3 is 0 Å². The summed E-state index contributed by atoms with van der Waals surface area (Å²) in [5.41, 5.74) is 2.14. The van der Waals surface area contributed by atoms with E-state index in [9.17, 15) is 8.78 Å².